The monoisotopic (exact) mass is 420 g/mol. The molecule has 1 aromatic rings. The molecule has 2 unspecified atom stereocenters. The molecule has 2 N–H and O–H groups in total. The highest BCUT2D eigenvalue weighted by atomic mass is 32.2. The first-order valence-corrected chi connectivity index (χ1v) is 10.5. The summed E-state index contributed by atoms with van der Waals surface area (Å²) in [7, 11) is 0. The molecule has 0 aromatic heterocycles. The van der Waals surface area contributed by atoms with Crippen molar-refractivity contribution in [1.82, 2.24) is 10.2 Å². The first-order valence-electron chi connectivity index (χ1n) is 9.65. The van der Waals surface area contributed by atoms with E-state index in [0.29, 0.717) is 25.7 Å². The summed E-state index contributed by atoms with van der Waals surface area (Å²) in [5, 5.41) is 11.1. The van der Waals surface area contributed by atoms with E-state index < -0.39 is 35.3 Å². The minimum absolute atomic E-state index is 0.179. The van der Waals surface area contributed by atoms with Gasteiger partial charge in [0.05, 0.1) is 5.25 Å². The summed E-state index contributed by atoms with van der Waals surface area (Å²) in [5.41, 5.74) is 0.314. The third-order valence-corrected chi connectivity index (χ3v) is 6.05. The van der Waals surface area contributed by atoms with Crippen molar-refractivity contribution in [2.75, 3.05) is 6.54 Å². The number of carbonyl (C=O) groups excluding carboxylic acids is 3. The molecule has 0 aliphatic carbocycles. The number of hydrogen-bond acceptors (Lipinski definition) is 5. The third kappa shape index (κ3) is 6.59. The van der Waals surface area contributed by atoms with Crippen molar-refractivity contribution < 1.29 is 24.3 Å². The molecular weight excluding hydrogens is 392 g/mol. The van der Waals surface area contributed by atoms with Crippen LogP contribution in [-0.2, 0) is 25.6 Å². The van der Waals surface area contributed by atoms with Crippen LogP contribution in [0.2, 0.25) is 0 Å². The van der Waals surface area contributed by atoms with E-state index in [1.807, 2.05) is 44.2 Å². The first kappa shape index (κ1) is 22.9. The Hall–Kier alpha value is -2.35. The molecule has 1 aliphatic heterocycles. The second-order valence-corrected chi connectivity index (χ2v) is 9.25. The molecule has 1 aliphatic rings. The summed E-state index contributed by atoms with van der Waals surface area (Å²) in [5.74, 6) is -1.87. The van der Waals surface area contributed by atoms with Gasteiger partial charge in [0.25, 0.3) is 0 Å². The fraction of sp³-hybridized carbons (Fsp3) is 0.524. The molecule has 1 saturated heterocycles. The minimum atomic E-state index is -1.09. The number of benzene rings is 1. The van der Waals surface area contributed by atoms with Crippen LogP contribution in [-0.4, -0.2) is 56.3 Å². The quantitative estimate of drug-likeness (QED) is 0.701. The number of thioether (sulfide) groups is 1. The first-order chi connectivity index (χ1) is 13.6. The van der Waals surface area contributed by atoms with E-state index in [9.17, 15) is 24.3 Å². The molecule has 0 radical (unpaired) electrons. The highest BCUT2D eigenvalue weighted by Crippen LogP contribution is 2.28. The van der Waals surface area contributed by atoms with Gasteiger partial charge in [-0.15, -0.1) is 0 Å². The molecule has 158 valence electrons. The van der Waals surface area contributed by atoms with Crippen molar-refractivity contribution in [2.24, 2.45) is 0 Å². The number of likely N-dealkylation sites (tertiary alicyclic amines) is 1. The van der Waals surface area contributed by atoms with Crippen LogP contribution in [0.25, 0.3) is 0 Å². The van der Waals surface area contributed by atoms with Gasteiger partial charge in [-0.2, -0.15) is 0 Å². The maximum absolute atomic E-state index is 13.0. The highest BCUT2D eigenvalue weighted by molar-refractivity contribution is 8.14. The predicted molar refractivity (Wildman–Crippen MR) is 111 cm³/mol. The van der Waals surface area contributed by atoms with Crippen molar-refractivity contribution in [3.05, 3.63) is 35.9 Å². The molecule has 2 atom stereocenters. The standard InChI is InChI=1S/C21H28N2O5S/c1-14(24)29-17(12-15-8-5-4-6-9-15)19(27)22-16-10-7-11-21(2,3)23(20(16)28)13-18(25)26/h4-6,8-9,16-17H,7,10-13H2,1-3H3,(H,22,27)(H,25,26). The molecule has 8 heteroatoms. The van der Waals surface area contributed by atoms with E-state index in [0.717, 1.165) is 17.3 Å². The van der Waals surface area contributed by atoms with Crippen LogP contribution in [0.1, 0.15) is 45.6 Å². The Morgan fingerprint density at radius 3 is 2.52 bits per heavy atom. The molecule has 1 fully saturated rings. The van der Waals surface area contributed by atoms with E-state index in [4.69, 9.17) is 0 Å². The number of rotatable bonds is 7. The summed E-state index contributed by atoms with van der Waals surface area (Å²) in [6, 6.07) is 8.57. The van der Waals surface area contributed by atoms with Gasteiger partial charge in [-0.3, -0.25) is 19.2 Å². The molecule has 1 aromatic carbocycles. The number of carbonyl (C=O) groups is 4. The van der Waals surface area contributed by atoms with Gasteiger partial charge in [0.1, 0.15) is 12.6 Å². The largest absolute Gasteiger partial charge is 0.480 e. The van der Waals surface area contributed by atoms with Gasteiger partial charge in [0, 0.05) is 12.5 Å². The van der Waals surface area contributed by atoms with Crippen LogP contribution in [0.5, 0.6) is 0 Å². The van der Waals surface area contributed by atoms with Crippen molar-refractivity contribution in [1.29, 1.82) is 0 Å². The number of aliphatic carboxylic acids is 1. The van der Waals surface area contributed by atoms with E-state index in [1.165, 1.54) is 11.8 Å². The van der Waals surface area contributed by atoms with Crippen molar-refractivity contribution in [3.63, 3.8) is 0 Å². The third-order valence-electron chi connectivity index (χ3n) is 5.05. The van der Waals surface area contributed by atoms with Gasteiger partial charge in [-0.25, -0.2) is 0 Å². The van der Waals surface area contributed by atoms with Crippen LogP contribution >= 0.6 is 11.8 Å². The number of carboxylic acids is 1. The van der Waals surface area contributed by atoms with Crippen molar-refractivity contribution in [2.45, 2.75) is 63.3 Å². The smallest absolute Gasteiger partial charge is 0.323 e. The molecule has 7 nitrogen and oxygen atoms in total. The second-order valence-electron chi connectivity index (χ2n) is 7.87. The fourth-order valence-electron chi connectivity index (χ4n) is 3.53. The van der Waals surface area contributed by atoms with Crippen LogP contribution < -0.4 is 5.32 Å². The Bertz CT molecular complexity index is 766. The summed E-state index contributed by atoms with van der Waals surface area (Å²) in [6.07, 6.45) is 2.13. The number of nitrogens with one attached hydrogen (secondary N) is 1. The van der Waals surface area contributed by atoms with Crippen molar-refractivity contribution in [3.8, 4) is 0 Å². The molecule has 29 heavy (non-hydrogen) atoms. The van der Waals surface area contributed by atoms with Crippen LogP contribution in [0.15, 0.2) is 30.3 Å². The van der Waals surface area contributed by atoms with E-state index in [-0.39, 0.29) is 11.0 Å². The molecule has 0 spiro atoms. The summed E-state index contributed by atoms with van der Waals surface area (Å²) in [4.78, 5) is 50.2. The lowest BCUT2D eigenvalue weighted by molar-refractivity contribution is -0.149. The van der Waals surface area contributed by atoms with E-state index in [1.54, 1.807) is 0 Å². The zero-order valence-electron chi connectivity index (χ0n) is 17.0. The number of hydrogen-bond donors (Lipinski definition) is 2. The SMILES string of the molecule is CC(=O)SC(Cc1ccccc1)C(=O)NC1CCCC(C)(C)N(CC(=O)O)C1=O. The normalized spacial score (nSPS) is 19.9. The van der Waals surface area contributed by atoms with Gasteiger partial charge in [0.15, 0.2) is 5.12 Å². The van der Waals surface area contributed by atoms with Gasteiger partial charge >= 0.3 is 5.97 Å². The minimum Gasteiger partial charge on any atom is -0.480 e. The average Bonchev–Trinajstić information content (AvgIpc) is 2.73. The Morgan fingerprint density at radius 2 is 1.93 bits per heavy atom. The van der Waals surface area contributed by atoms with Crippen molar-refractivity contribution >= 4 is 34.7 Å². The summed E-state index contributed by atoms with van der Waals surface area (Å²) < 4.78 is 0. The Labute approximate surface area is 175 Å². The number of carboxylic acid groups (broad SMARTS) is 1. The molecule has 0 saturated carbocycles. The van der Waals surface area contributed by atoms with Gasteiger partial charge in [-0.1, -0.05) is 42.1 Å². The number of amides is 2. The van der Waals surface area contributed by atoms with Crippen LogP contribution in [0, 0.1) is 0 Å². The summed E-state index contributed by atoms with van der Waals surface area (Å²) >= 11 is 0.939. The predicted octanol–water partition coefficient (Wildman–Crippen LogP) is 2.24. The lowest BCUT2D eigenvalue weighted by Gasteiger charge is -2.37. The van der Waals surface area contributed by atoms with Gasteiger partial charge in [0.2, 0.25) is 11.8 Å². The van der Waals surface area contributed by atoms with Gasteiger partial charge in [-0.05, 0) is 45.1 Å². The Morgan fingerprint density at radius 1 is 1.28 bits per heavy atom. The Balaban J connectivity index is 2.16. The lowest BCUT2D eigenvalue weighted by atomic mass is 9.97. The Kier molecular flexibility index (Phi) is 7.84. The molecule has 0 bridgehead atoms. The van der Waals surface area contributed by atoms with E-state index in [2.05, 4.69) is 5.32 Å². The maximum Gasteiger partial charge on any atom is 0.323 e. The second kappa shape index (κ2) is 9.91. The zero-order chi connectivity index (χ0) is 21.6. The van der Waals surface area contributed by atoms with E-state index >= 15 is 0 Å². The van der Waals surface area contributed by atoms with Crippen LogP contribution in [0.4, 0.5) is 0 Å². The lowest BCUT2D eigenvalue weighted by Crippen LogP contribution is -2.56. The highest BCUT2D eigenvalue weighted by Gasteiger charge is 2.40. The maximum atomic E-state index is 13.0. The zero-order valence-corrected chi connectivity index (χ0v) is 17.8. The van der Waals surface area contributed by atoms with Crippen LogP contribution in [0.3, 0.4) is 0 Å². The topological polar surface area (TPSA) is 104 Å². The number of nitrogens with zero attached hydrogens (tertiary/aromatic N) is 1. The molecule has 2 amide bonds. The summed E-state index contributed by atoms with van der Waals surface area (Å²) in [6.45, 7) is 4.67. The van der Waals surface area contributed by atoms with Gasteiger partial charge < -0.3 is 15.3 Å². The fourth-order valence-corrected chi connectivity index (χ4v) is 4.38. The molecule has 2 rings (SSSR count). The molecule has 1 heterocycles. The average molecular weight is 421 g/mol. The molecular formula is C21H28N2O5S.